The van der Waals surface area contributed by atoms with E-state index in [0.29, 0.717) is 11.1 Å². The zero-order valence-corrected chi connectivity index (χ0v) is 21.9. The Bertz CT molecular complexity index is 1390. The van der Waals surface area contributed by atoms with Crippen molar-refractivity contribution in [2.24, 2.45) is 5.73 Å². The average molecular weight is 501 g/mol. The predicted octanol–water partition coefficient (Wildman–Crippen LogP) is 4.16. The maximum absolute atomic E-state index is 14.5. The molecule has 2 N–H and O–H groups in total. The Morgan fingerprint density at radius 1 is 1.14 bits per heavy atom. The van der Waals surface area contributed by atoms with E-state index in [2.05, 4.69) is 0 Å². The van der Waals surface area contributed by atoms with Crippen LogP contribution >= 0.6 is 0 Å². The molecule has 1 heterocycles. The number of carbonyl (C=O) groups excluding carboxylic acids is 1. The Morgan fingerprint density at radius 3 is 2.43 bits per heavy atom. The number of benzene rings is 2. The van der Waals surface area contributed by atoms with Crippen molar-refractivity contribution in [3.05, 3.63) is 65.6 Å². The van der Waals surface area contributed by atoms with Crippen molar-refractivity contribution in [3.8, 4) is 11.1 Å². The van der Waals surface area contributed by atoms with Gasteiger partial charge >= 0.3 is 0 Å². The molecular formula is C26H33FN4O3S. The second kappa shape index (κ2) is 10.3. The minimum Gasteiger partial charge on any atom is -0.339 e. The van der Waals surface area contributed by atoms with E-state index in [9.17, 15) is 17.6 Å². The van der Waals surface area contributed by atoms with Gasteiger partial charge in [-0.2, -0.15) is 0 Å². The molecule has 1 aromatic heterocycles. The molecular weight excluding hydrogens is 467 g/mol. The zero-order valence-electron chi connectivity index (χ0n) is 21.0. The lowest BCUT2D eigenvalue weighted by Gasteiger charge is -2.21. The summed E-state index contributed by atoms with van der Waals surface area (Å²) in [7, 11) is 1.06. The molecule has 0 radical (unpaired) electrons. The summed E-state index contributed by atoms with van der Waals surface area (Å²) in [6.07, 6.45) is 1.32. The van der Waals surface area contributed by atoms with Gasteiger partial charge in [0.05, 0.1) is 11.4 Å². The maximum Gasteiger partial charge on any atom is 0.253 e. The van der Waals surface area contributed by atoms with Crippen LogP contribution in [0.15, 0.2) is 59.3 Å². The van der Waals surface area contributed by atoms with Gasteiger partial charge in [-0.05, 0) is 62.7 Å². The van der Waals surface area contributed by atoms with Crippen molar-refractivity contribution in [3.63, 3.8) is 0 Å². The quantitative estimate of drug-likeness (QED) is 0.503. The third-order valence-electron chi connectivity index (χ3n) is 6.22. The standard InChI is InChI=1S/C26H33FN4O3S/c1-17(2)30(6)26(32)20-10-11-24-23(15-20)25(18(3)31(24)16-21(27)12-13-28)19-8-7-9-22(14-19)35(33,34)29(4)5/h7-12,14-15,17H,13,16,28H2,1-6H3/b21-12-. The summed E-state index contributed by atoms with van der Waals surface area (Å²) in [4.78, 5) is 14.8. The highest BCUT2D eigenvalue weighted by molar-refractivity contribution is 7.89. The molecule has 0 saturated heterocycles. The van der Waals surface area contributed by atoms with E-state index < -0.39 is 10.0 Å². The Balaban J connectivity index is 2.30. The van der Waals surface area contributed by atoms with Gasteiger partial charge in [-0.15, -0.1) is 0 Å². The molecule has 0 unspecified atom stereocenters. The molecule has 0 aliphatic rings. The highest BCUT2D eigenvalue weighted by Gasteiger charge is 2.23. The van der Waals surface area contributed by atoms with Gasteiger partial charge < -0.3 is 15.2 Å². The van der Waals surface area contributed by atoms with E-state index in [1.54, 1.807) is 42.3 Å². The minimum atomic E-state index is -3.65. The molecule has 0 aliphatic carbocycles. The van der Waals surface area contributed by atoms with E-state index in [1.165, 1.54) is 20.2 Å². The molecule has 188 valence electrons. The van der Waals surface area contributed by atoms with Crippen molar-refractivity contribution < 1.29 is 17.6 Å². The van der Waals surface area contributed by atoms with E-state index in [4.69, 9.17) is 5.73 Å². The zero-order chi connectivity index (χ0) is 26.1. The van der Waals surface area contributed by atoms with Crippen molar-refractivity contribution >= 4 is 26.8 Å². The fraction of sp³-hybridized carbons (Fsp3) is 0.346. The highest BCUT2D eigenvalue weighted by atomic mass is 32.2. The molecule has 7 nitrogen and oxygen atoms in total. The van der Waals surface area contributed by atoms with Gasteiger partial charge in [0, 0.05) is 61.5 Å². The van der Waals surface area contributed by atoms with Crippen molar-refractivity contribution in [1.82, 2.24) is 13.8 Å². The SMILES string of the molecule is Cc1c(-c2cccc(S(=O)(=O)N(C)C)c2)c2cc(C(=O)N(C)C(C)C)ccc2n1C/C(F)=C/CN. The third kappa shape index (κ3) is 5.17. The smallest absolute Gasteiger partial charge is 0.253 e. The topological polar surface area (TPSA) is 88.6 Å². The van der Waals surface area contributed by atoms with Crippen LogP contribution in [0.1, 0.15) is 29.9 Å². The molecule has 0 aliphatic heterocycles. The number of fused-ring (bicyclic) bond motifs is 1. The molecule has 2 aromatic carbocycles. The number of sulfonamides is 1. The highest BCUT2D eigenvalue weighted by Crippen LogP contribution is 2.37. The molecule has 1 amide bonds. The van der Waals surface area contributed by atoms with Gasteiger partial charge in [0.2, 0.25) is 10.0 Å². The largest absolute Gasteiger partial charge is 0.339 e. The molecule has 35 heavy (non-hydrogen) atoms. The van der Waals surface area contributed by atoms with E-state index >= 15 is 0 Å². The van der Waals surface area contributed by atoms with Gasteiger partial charge in [-0.25, -0.2) is 17.1 Å². The molecule has 9 heteroatoms. The fourth-order valence-electron chi connectivity index (χ4n) is 3.99. The molecule has 0 fully saturated rings. The normalized spacial score (nSPS) is 12.7. The van der Waals surface area contributed by atoms with Crippen LogP contribution in [-0.4, -0.2) is 61.8 Å². The molecule has 0 saturated carbocycles. The van der Waals surface area contributed by atoms with Gasteiger partial charge in [0.15, 0.2) is 0 Å². The molecule has 3 rings (SSSR count). The Labute approximate surface area is 206 Å². The van der Waals surface area contributed by atoms with Crippen LogP contribution < -0.4 is 5.73 Å². The first kappa shape index (κ1) is 26.6. The Morgan fingerprint density at radius 2 is 1.83 bits per heavy atom. The minimum absolute atomic E-state index is 0.0194. The van der Waals surface area contributed by atoms with Crippen LogP contribution in [0.25, 0.3) is 22.0 Å². The predicted molar refractivity (Wildman–Crippen MR) is 138 cm³/mol. The van der Waals surface area contributed by atoms with Crippen LogP contribution in [0, 0.1) is 6.92 Å². The number of aromatic nitrogens is 1. The lowest BCUT2D eigenvalue weighted by molar-refractivity contribution is 0.0755. The van der Waals surface area contributed by atoms with E-state index in [-0.39, 0.29) is 35.8 Å². The Kier molecular flexibility index (Phi) is 7.83. The number of carbonyl (C=O) groups is 1. The summed E-state index contributed by atoms with van der Waals surface area (Å²) >= 11 is 0. The number of halogens is 1. The number of nitrogens with zero attached hydrogens (tertiary/aromatic N) is 3. The van der Waals surface area contributed by atoms with Gasteiger partial charge in [-0.3, -0.25) is 4.79 Å². The van der Waals surface area contributed by atoms with Crippen LogP contribution in [0.2, 0.25) is 0 Å². The summed E-state index contributed by atoms with van der Waals surface area (Å²) in [6.45, 7) is 5.80. The van der Waals surface area contributed by atoms with Crippen LogP contribution in [0.3, 0.4) is 0 Å². The second-order valence-corrected chi connectivity index (χ2v) is 11.1. The first-order valence-corrected chi connectivity index (χ1v) is 12.8. The van der Waals surface area contributed by atoms with Crippen LogP contribution in [0.5, 0.6) is 0 Å². The van der Waals surface area contributed by atoms with Crippen LogP contribution in [-0.2, 0) is 16.6 Å². The average Bonchev–Trinajstić information content (AvgIpc) is 3.08. The third-order valence-corrected chi connectivity index (χ3v) is 8.03. The first-order chi connectivity index (χ1) is 16.4. The lowest BCUT2D eigenvalue weighted by atomic mass is 10.0. The number of allylic oxidation sites excluding steroid dienone is 1. The van der Waals surface area contributed by atoms with Crippen molar-refractivity contribution in [1.29, 1.82) is 0 Å². The summed E-state index contributed by atoms with van der Waals surface area (Å²) in [5.74, 6) is -0.501. The number of nitrogens with two attached hydrogens (primary N) is 1. The first-order valence-electron chi connectivity index (χ1n) is 11.4. The number of hydrogen-bond acceptors (Lipinski definition) is 4. The van der Waals surface area contributed by atoms with Crippen LogP contribution in [0.4, 0.5) is 4.39 Å². The number of rotatable bonds is 8. The van der Waals surface area contributed by atoms with Gasteiger partial charge in [-0.1, -0.05) is 12.1 Å². The summed E-state index contributed by atoms with van der Waals surface area (Å²) in [5, 5.41) is 0.741. The maximum atomic E-state index is 14.5. The summed E-state index contributed by atoms with van der Waals surface area (Å²) in [5.41, 5.74) is 8.90. The number of amides is 1. The molecule has 0 spiro atoms. The lowest BCUT2D eigenvalue weighted by Crippen LogP contribution is -2.32. The summed E-state index contributed by atoms with van der Waals surface area (Å²) < 4.78 is 43.1. The second-order valence-electron chi connectivity index (χ2n) is 8.99. The van der Waals surface area contributed by atoms with E-state index in [0.717, 1.165) is 26.5 Å². The van der Waals surface area contributed by atoms with Gasteiger partial charge in [0.25, 0.3) is 5.91 Å². The van der Waals surface area contributed by atoms with Gasteiger partial charge in [0.1, 0.15) is 5.83 Å². The van der Waals surface area contributed by atoms with E-state index in [1.807, 2.05) is 37.5 Å². The summed E-state index contributed by atoms with van der Waals surface area (Å²) in [6, 6.07) is 12.0. The molecule has 0 bridgehead atoms. The number of hydrogen-bond donors (Lipinski definition) is 1. The monoisotopic (exact) mass is 500 g/mol. The van der Waals surface area contributed by atoms with Crippen molar-refractivity contribution in [2.45, 2.75) is 38.3 Å². The molecule has 0 atom stereocenters. The van der Waals surface area contributed by atoms with Crippen molar-refractivity contribution in [2.75, 3.05) is 27.7 Å². The fourth-order valence-corrected chi connectivity index (χ4v) is 4.94. The molecule has 3 aromatic rings. The Hall–Kier alpha value is -3.01.